The summed E-state index contributed by atoms with van der Waals surface area (Å²) in [6.45, 7) is 0. The summed E-state index contributed by atoms with van der Waals surface area (Å²) in [5.74, 6) is -2.32. The molecule has 0 aliphatic carbocycles. The molecule has 0 bridgehead atoms. The molecule has 3 aromatic carbocycles. The molecule has 5 rings (SSSR count). The molecule has 0 saturated carbocycles. The van der Waals surface area contributed by atoms with E-state index < -0.39 is 29.3 Å². The fourth-order valence-electron chi connectivity index (χ4n) is 3.98. The average Bonchev–Trinajstić information content (AvgIpc) is 3.49. The van der Waals surface area contributed by atoms with E-state index in [0.29, 0.717) is 15.1 Å². The number of benzene rings is 3. The predicted molar refractivity (Wildman–Crippen MR) is 148 cm³/mol. The van der Waals surface area contributed by atoms with E-state index in [2.05, 4.69) is 10.2 Å². The smallest absolute Gasteiger partial charge is 0.296 e. The summed E-state index contributed by atoms with van der Waals surface area (Å²) in [4.78, 5) is 27.7. The molecule has 2 heterocycles. The molecular formula is C28H19ClFN3O3S2. The topological polar surface area (TPSA) is 83.4 Å². The van der Waals surface area contributed by atoms with E-state index in [0.717, 1.165) is 27.4 Å². The van der Waals surface area contributed by atoms with Crippen LogP contribution in [0.4, 0.5) is 9.52 Å². The van der Waals surface area contributed by atoms with Crippen molar-refractivity contribution in [2.75, 3.05) is 4.90 Å². The number of aliphatic hydroxyl groups excluding tert-OH is 1. The first-order valence-corrected chi connectivity index (χ1v) is 13.6. The van der Waals surface area contributed by atoms with E-state index in [4.69, 9.17) is 11.6 Å². The fourth-order valence-corrected chi connectivity index (χ4v) is 6.14. The Morgan fingerprint density at radius 1 is 1.05 bits per heavy atom. The van der Waals surface area contributed by atoms with Crippen molar-refractivity contribution in [1.82, 2.24) is 10.2 Å². The van der Waals surface area contributed by atoms with Crippen molar-refractivity contribution in [3.05, 3.63) is 124 Å². The van der Waals surface area contributed by atoms with Gasteiger partial charge in [0.15, 0.2) is 15.9 Å². The van der Waals surface area contributed by atoms with Crippen molar-refractivity contribution >= 4 is 57.6 Å². The van der Waals surface area contributed by atoms with E-state index in [1.807, 2.05) is 48.5 Å². The number of aliphatic hydroxyl groups is 1. The van der Waals surface area contributed by atoms with Gasteiger partial charge in [0, 0.05) is 16.3 Å². The highest BCUT2D eigenvalue weighted by Crippen LogP contribution is 2.44. The van der Waals surface area contributed by atoms with Gasteiger partial charge in [-0.3, -0.25) is 14.5 Å². The van der Waals surface area contributed by atoms with Crippen molar-refractivity contribution in [3.8, 4) is 0 Å². The van der Waals surface area contributed by atoms with Gasteiger partial charge in [0.25, 0.3) is 5.91 Å². The lowest BCUT2D eigenvalue weighted by Crippen LogP contribution is -2.31. The van der Waals surface area contributed by atoms with Gasteiger partial charge >= 0.3 is 0 Å². The molecule has 0 fully saturated rings. The monoisotopic (exact) mass is 563 g/mol. The summed E-state index contributed by atoms with van der Waals surface area (Å²) >= 11 is 8.72. The third kappa shape index (κ3) is 5.26. The van der Waals surface area contributed by atoms with Crippen LogP contribution in [0.1, 0.15) is 22.7 Å². The maximum absolute atomic E-state index is 15.0. The van der Waals surface area contributed by atoms with E-state index in [9.17, 15) is 14.7 Å². The second-order valence-corrected chi connectivity index (χ2v) is 10.8. The first-order valence-electron chi connectivity index (χ1n) is 11.4. The van der Waals surface area contributed by atoms with Crippen LogP contribution in [0.3, 0.4) is 0 Å². The summed E-state index contributed by atoms with van der Waals surface area (Å²) in [5, 5.41) is 19.9. The van der Waals surface area contributed by atoms with Crippen LogP contribution in [0.15, 0.2) is 101 Å². The summed E-state index contributed by atoms with van der Waals surface area (Å²) in [7, 11) is 0. The quantitative estimate of drug-likeness (QED) is 0.144. The van der Waals surface area contributed by atoms with Crippen LogP contribution < -0.4 is 4.90 Å². The molecule has 1 N–H and O–H groups in total. The second kappa shape index (κ2) is 11.3. The molecule has 6 nitrogen and oxygen atoms in total. The van der Waals surface area contributed by atoms with Gasteiger partial charge in [-0.05, 0) is 29.3 Å². The van der Waals surface area contributed by atoms with E-state index in [1.165, 1.54) is 36.0 Å². The van der Waals surface area contributed by atoms with Crippen molar-refractivity contribution in [3.63, 3.8) is 0 Å². The van der Waals surface area contributed by atoms with Crippen molar-refractivity contribution in [1.29, 1.82) is 0 Å². The molecule has 1 aromatic heterocycles. The number of allylic oxidation sites excluding steroid dienone is 1. The average molecular weight is 564 g/mol. The molecule has 1 unspecified atom stereocenters. The van der Waals surface area contributed by atoms with Crippen LogP contribution in [-0.4, -0.2) is 27.0 Å². The summed E-state index contributed by atoms with van der Waals surface area (Å²) in [6, 6.07) is 21.1. The van der Waals surface area contributed by atoms with E-state index >= 15 is 4.39 Å². The minimum Gasteiger partial charge on any atom is -0.503 e. The molecule has 0 saturated heterocycles. The lowest BCUT2D eigenvalue weighted by Gasteiger charge is -2.24. The maximum atomic E-state index is 15.0. The van der Waals surface area contributed by atoms with Gasteiger partial charge in [0.1, 0.15) is 11.9 Å². The van der Waals surface area contributed by atoms with Gasteiger partial charge in [0.2, 0.25) is 5.13 Å². The Kier molecular flexibility index (Phi) is 7.69. The Bertz CT molecular complexity index is 1570. The fraction of sp³-hybridized carbons (Fsp3) is 0.0714. The van der Waals surface area contributed by atoms with Crippen LogP contribution in [0.25, 0.3) is 6.08 Å². The number of thioether (sulfide) groups is 1. The standard InChI is InChI=1S/C28H19ClFN3O3S2/c29-20-12-6-4-10-18(20)16-37-28-32-31-27(38-28)33-24(19-11-5-7-13-21(19)30)23(25(35)26(33)36)22(34)15-14-17-8-2-1-3-9-17/h1-15,24,35H,16H2/b15-14+. The zero-order valence-electron chi connectivity index (χ0n) is 19.6. The largest absolute Gasteiger partial charge is 0.503 e. The lowest BCUT2D eigenvalue weighted by molar-refractivity contribution is -0.117. The van der Waals surface area contributed by atoms with Crippen LogP contribution in [0.5, 0.6) is 0 Å². The molecule has 1 amide bonds. The molecule has 1 aliphatic heterocycles. The Morgan fingerprint density at radius 3 is 2.53 bits per heavy atom. The molecule has 4 aromatic rings. The van der Waals surface area contributed by atoms with Gasteiger partial charge in [-0.15, -0.1) is 10.2 Å². The number of rotatable bonds is 8. The zero-order chi connectivity index (χ0) is 26.6. The van der Waals surface area contributed by atoms with Gasteiger partial charge < -0.3 is 5.11 Å². The van der Waals surface area contributed by atoms with Gasteiger partial charge in [-0.1, -0.05) is 108 Å². The predicted octanol–water partition coefficient (Wildman–Crippen LogP) is 6.81. The molecule has 0 radical (unpaired) electrons. The first-order chi connectivity index (χ1) is 18.4. The third-order valence-corrected chi connectivity index (χ3v) is 8.28. The highest BCUT2D eigenvalue weighted by atomic mass is 35.5. The SMILES string of the molecule is O=C(/C=C/c1ccccc1)C1=C(O)C(=O)N(c2nnc(SCc3ccccc3Cl)s2)C1c1ccccc1F. The number of hydrogen-bond acceptors (Lipinski definition) is 7. The molecule has 1 aliphatic rings. The number of aromatic nitrogens is 2. The Morgan fingerprint density at radius 2 is 1.76 bits per heavy atom. The van der Waals surface area contributed by atoms with Crippen LogP contribution in [0.2, 0.25) is 5.02 Å². The summed E-state index contributed by atoms with van der Waals surface area (Å²) < 4.78 is 15.5. The number of amides is 1. The van der Waals surface area contributed by atoms with E-state index in [1.54, 1.807) is 18.2 Å². The number of anilines is 1. The lowest BCUT2D eigenvalue weighted by atomic mass is 9.95. The summed E-state index contributed by atoms with van der Waals surface area (Å²) in [6.07, 6.45) is 2.83. The number of ketones is 1. The number of halogens is 2. The molecule has 190 valence electrons. The van der Waals surface area contributed by atoms with Gasteiger partial charge in [-0.2, -0.15) is 0 Å². The molecule has 1 atom stereocenters. The summed E-state index contributed by atoms with van der Waals surface area (Å²) in [5.41, 5.74) is 1.50. The maximum Gasteiger partial charge on any atom is 0.296 e. The molecular weight excluding hydrogens is 545 g/mol. The zero-order valence-corrected chi connectivity index (χ0v) is 22.0. The Balaban J connectivity index is 1.47. The van der Waals surface area contributed by atoms with Crippen molar-refractivity contribution in [2.45, 2.75) is 16.1 Å². The highest BCUT2D eigenvalue weighted by Gasteiger charge is 2.46. The number of carbonyl (C=O) groups is 2. The van der Waals surface area contributed by atoms with E-state index in [-0.39, 0.29) is 16.3 Å². The number of nitrogens with zero attached hydrogens (tertiary/aromatic N) is 3. The third-order valence-electron chi connectivity index (χ3n) is 5.81. The van der Waals surface area contributed by atoms with Gasteiger partial charge in [0.05, 0.1) is 5.57 Å². The molecule has 10 heteroatoms. The highest BCUT2D eigenvalue weighted by molar-refractivity contribution is 8.00. The second-order valence-electron chi connectivity index (χ2n) is 8.20. The minimum atomic E-state index is -1.22. The number of carbonyl (C=O) groups excluding carboxylic acids is 2. The molecule has 38 heavy (non-hydrogen) atoms. The van der Waals surface area contributed by atoms with Crippen molar-refractivity contribution < 1.29 is 19.1 Å². The Hall–Kier alpha value is -3.79. The van der Waals surface area contributed by atoms with Gasteiger partial charge in [-0.25, -0.2) is 4.39 Å². The Labute approximate surface area is 231 Å². The van der Waals surface area contributed by atoms with Crippen LogP contribution >= 0.6 is 34.7 Å². The first kappa shape index (κ1) is 25.8. The van der Waals surface area contributed by atoms with Crippen molar-refractivity contribution in [2.24, 2.45) is 0 Å². The normalized spacial score (nSPS) is 15.6. The van der Waals surface area contributed by atoms with Crippen LogP contribution in [0, 0.1) is 5.82 Å². The minimum absolute atomic E-state index is 0.0573. The molecule has 0 spiro atoms. The number of hydrogen-bond donors (Lipinski definition) is 1. The van der Waals surface area contributed by atoms with Crippen LogP contribution in [-0.2, 0) is 15.3 Å².